The zero-order valence-electron chi connectivity index (χ0n) is 14.9. The van der Waals surface area contributed by atoms with Crippen molar-refractivity contribution in [3.8, 4) is 17.2 Å². The Kier molecular flexibility index (Phi) is 5.68. The molecule has 136 valence electrons. The minimum absolute atomic E-state index is 0.0286. The molecule has 0 spiro atoms. The Morgan fingerprint density at radius 1 is 1.19 bits per heavy atom. The van der Waals surface area contributed by atoms with Gasteiger partial charge >= 0.3 is 0 Å². The van der Waals surface area contributed by atoms with Gasteiger partial charge in [0, 0.05) is 30.5 Å². The first kappa shape index (κ1) is 18.4. The molecule has 1 aliphatic rings. The number of hydrogen-bond donors (Lipinski definition) is 2. The van der Waals surface area contributed by atoms with Gasteiger partial charge in [0.1, 0.15) is 0 Å². The van der Waals surface area contributed by atoms with Crippen LogP contribution in [-0.2, 0) is 4.79 Å². The third-order valence-electron chi connectivity index (χ3n) is 4.88. The number of nitrogens with zero attached hydrogens (tertiary/aromatic N) is 1. The molecule has 0 aromatic heterocycles. The van der Waals surface area contributed by atoms with Gasteiger partial charge in [0.05, 0.1) is 11.6 Å². The predicted octanol–water partition coefficient (Wildman–Crippen LogP) is 2.89. The third kappa shape index (κ3) is 4.24. The molecule has 5 heteroatoms. The van der Waals surface area contributed by atoms with Crippen LogP contribution in [0.3, 0.4) is 0 Å². The molecule has 3 rings (SSSR count). The summed E-state index contributed by atoms with van der Waals surface area (Å²) in [5.41, 5.74) is 3.16. The number of rotatable bonds is 6. The van der Waals surface area contributed by atoms with Crippen LogP contribution in [0.2, 0.25) is 0 Å². The van der Waals surface area contributed by atoms with Gasteiger partial charge in [-0.2, -0.15) is 5.26 Å². The van der Waals surface area contributed by atoms with Crippen LogP contribution in [-0.4, -0.2) is 24.9 Å². The zero-order chi connectivity index (χ0) is 19.2. The second-order valence-electron chi connectivity index (χ2n) is 6.61. The van der Waals surface area contributed by atoms with Gasteiger partial charge in [-0.1, -0.05) is 30.3 Å². The van der Waals surface area contributed by atoms with E-state index in [9.17, 15) is 9.59 Å². The van der Waals surface area contributed by atoms with E-state index in [1.54, 1.807) is 30.3 Å². The first-order valence-corrected chi connectivity index (χ1v) is 8.89. The number of carbonyl (C=O) groups is 2. The van der Waals surface area contributed by atoms with E-state index in [2.05, 4.69) is 23.3 Å². The molecule has 1 saturated heterocycles. The first-order valence-electron chi connectivity index (χ1n) is 8.89. The van der Waals surface area contributed by atoms with Crippen molar-refractivity contribution in [3.63, 3.8) is 0 Å². The number of nitrogens with one attached hydrogen (secondary N) is 2. The summed E-state index contributed by atoms with van der Waals surface area (Å²) < 4.78 is 0. The fraction of sp³-hybridized carbons (Fsp3) is 0.227. The number of hydrogen-bond acceptors (Lipinski definition) is 3. The van der Waals surface area contributed by atoms with E-state index in [1.807, 2.05) is 24.3 Å². The smallest absolute Gasteiger partial charge is 0.251 e. The number of allylic oxidation sites excluding steroid dienone is 1. The van der Waals surface area contributed by atoms with Crippen molar-refractivity contribution in [3.05, 3.63) is 72.3 Å². The van der Waals surface area contributed by atoms with Crippen molar-refractivity contribution in [2.24, 2.45) is 11.8 Å². The van der Waals surface area contributed by atoms with Crippen LogP contribution in [0.25, 0.3) is 11.1 Å². The summed E-state index contributed by atoms with van der Waals surface area (Å²) in [6.45, 7) is 4.73. The quantitative estimate of drug-likeness (QED) is 0.778. The molecule has 0 radical (unpaired) electrons. The fourth-order valence-corrected chi connectivity index (χ4v) is 3.29. The second-order valence-corrected chi connectivity index (χ2v) is 6.61. The molecule has 2 unspecified atom stereocenters. The average Bonchev–Trinajstić information content (AvgIpc) is 3.06. The highest BCUT2D eigenvalue weighted by molar-refractivity contribution is 5.94. The number of amides is 2. The molecule has 2 aromatic rings. The molecular formula is C22H21N3O2. The molecule has 2 aromatic carbocycles. The van der Waals surface area contributed by atoms with Crippen molar-refractivity contribution in [2.45, 2.75) is 6.42 Å². The van der Waals surface area contributed by atoms with Crippen molar-refractivity contribution in [1.82, 2.24) is 10.6 Å². The molecular weight excluding hydrogens is 338 g/mol. The summed E-state index contributed by atoms with van der Waals surface area (Å²) >= 11 is 0. The lowest BCUT2D eigenvalue weighted by molar-refractivity contribution is -0.122. The lowest BCUT2D eigenvalue weighted by atomic mass is 9.92. The molecule has 1 fully saturated rings. The maximum absolute atomic E-state index is 12.4. The molecule has 1 heterocycles. The van der Waals surface area contributed by atoms with Gasteiger partial charge in [-0.15, -0.1) is 6.58 Å². The Labute approximate surface area is 158 Å². The lowest BCUT2D eigenvalue weighted by Crippen LogP contribution is -2.32. The predicted molar refractivity (Wildman–Crippen MR) is 104 cm³/mol. The summed E-state index contributed by atoms with van der Waals surface area (Å²) in [6.07, 6.45) is 2.36. The van der Waals surface area contributed by atoms with Crippen LogP contribution in [0.5, 0.6) is 0 Å². The standard InChI is InChI=1S/C22H21N3O2/c1-2-3-20-19(14-25-22(20)27)13-24-21(26)18-10-8-17(9-11-18)16-6-4-15(12-23)5-7-16/h2,4-11,19-20H,1,3,13-14H2,(H,24,26)(H,25,27). The van der Waals surface area contributed by atoms with E-state index < -0.39 is 0 Å². The molecule has 2 N–H and O–H groups in total. The summed E-state index contributed by atoms with van der Waals surface area (Å²) in [4.78, 5) is 24.2. The minimum atomic E-state index is -0.155. The highest BCUT2D eigenvalue weighted by Gasteiger charge is 2.33. The van der Waals surface area contributed by atoms with Gasteiger partial charge in [-0.05, 0) is 41.8 Å². The molecule has 1 aliphatic heterocycles. The van der Waals surface area contributed by atoms with Crippen LogP contribution in [0.1, 0.15) is 22.3 Å². The Hall–Kier alpha value is -3.39. The number of nitriles is 1. The van der Waals surface area contributed by atoms with Gasteiger partial charge in [0.15, 0.2) is 0 Å². The SMILES string of the molecule is C=CCC1C(=O)NCC1CNC(=O)c1ccc(-c2ccc(C#N)cc2)cc1. The summed E-state index contributed by atoms with van der Waals surface area (Å²) in [7, 11) is 0. The average molecular weight is 359 g/mol. The van der Waals surface area contributed by atoms with Crippen molar-refractivity contribution in [1.29, 1.82) is 5.26 Å². The molecule has 5 nitrogen and oxygen atoms in total. The molecule has 2 amide bonds. The summed E-state index contributed by atoms with van der Waals surface area (Å²) in [5.74, 6) is -0.169. The van der Waals surface area contributed by atoms with Crippen LogP contribution in [0.15, 0.2) is 61.2 Å². The van der Waals surface area contributed by atoms with E-state index in [0.29, 0.717) is 30.6 Å². The summed E-state index contributed by atoms with van der Waals surface area (Å²) in [6, 6.07) is 16.7. The van der Waals surface area contributed by atoms with Crippen LogP contribution in [0.4, 0.5) is 0 Å². The molecule has 0 saturated carbocycles. The monoisotopic (exact) mass is 359 g/mol. The van der Waals surface area contributed by atoms with E-state index in [-0.39, 0.29) is 23.7 Å². The maximum Gasteiger partial charge on any atom is 0.251 e. The van der Waals surface area contributed by atoms with Crippen molar-refractivity contribution in [2.75, 3.05) is 13.1 Å². The van der Waals surface area contributed by atoms with E-state index in [0.717, 1.165) is 11.1 Å². The molecule has 27 heavy (non-hydrogen) atoms. The topological polar surface area (TPSA) is 82.0 Å². The molecule has 2 atom stereocenters. The first-order chi connectivity index (χ1) is 13.1. The van der Waals surface area contributed by atoms with E-state index >= 15 is 0 Å². The van der Waals surface area contributed by atoms with Gasteiger partial charge < -0.3 is 10.6 Å². The van der Waals surface area contributed by atoms with Gasteiger partial charge in [0.2, 0.25) is 5.91 Å². The molecule has 0 aliphatic carbocycles. The van der Waals surface area contributed by atoms with Crippen molar-refractivity contribution >= 4 is 11.8 Å². The van der Waals surface area contributed by atoms with Crippen LogP contribution >= 0.6 is 0 Å². The normalized spacial score (nSPS) is 18.4. The highest BCUT2D eigenvalue weighted by atomic mass is 16.2. The van der Waals surface area contributed by atoms with Crippen LogP contribution in [0, 0.1) is 23.2 Å². The van der Waals surface area contributed by atoms with E-state index in [4.69, 9.17) is 5.26 Å². The maximum atomic E-state index is 12.4. The Balaban J connectivity index is 1.61. The number of benzene rings is 2. The highest BCUT2D eigenvalue weighted by Crippen LogP contribution is 2.22. The Bertz CT molecular complexity index is 879. The zero-order valence-corrected chi connectivity index (χ0v) is 14.9. The second kappa shape index (κ2) is 8.33. The Morgan fingerprint density at radius 3 is 2.41 bits per heavy atom. The lowest BCUT2D eigenvalue weighted by Gasteiger charge is -2.16. The molecule has 0 bridgehead atoms. The summed E-state index contributed by atoms with van der Waals surface area (Å²) in [5, 5.41) is 14.6. The third-order valence-corrected chi connectivity index (χ3v) is 4.88. The Morgan fingerprint density at radius 2 is 1.81 bits per heavy atom. The van der Waals surface area contributed by atoms with Gasteiger partial charge in [-0.25, -0.2) is 0 Å². The van der Waals surface area contributed by atoms with Gasteiger partial charge in [-0.3, -0.25) is 9.59 Å². The fourth-order valence-electron chi connectivity index (χ4n) is 3.29. The van der Waals surface area contributed by atoms with Crippen LogP contribution < -0.4 is 10.6 Å². The minimum Gasteiger partial charge on any atom is -0.355 e. The van der Waals surface area contributed by atoms with Crippen molar-refractivity contribution < 1.29 is 9.59 Å². The number of carbonyl (C=O) groups excluding carboxylic acids is 2. The van der Waals surface area contributed by atoms with Gasteiger partial charge in [0.25, 0.3) is 5.91 Å². The largest absolute Gasteiger partial charge is 0.355 e. The van der Waals surface area contributed by atoms with E-state index in [1.165, 1.54) is 0 Å².